The van der Waals surface area contributed by atoms with Crippen LogP contribution < -0.4 is 15.6 Å². The van der Waals surface area contributed by atoms with Gasteiger partial charge in [-0.1, -0.05) is 37.6 Å². The molecule has 5 nitrogen and oxygen atoms in total. The molecule has 1 aliphatic carbocycles. The molecule has 0 amide bonds. The fraction of sp³-hybridized carbons (Fsp3) is 0.320. The maximum Gasteiger partial charge on any atom is 0.254 e. The Labute approximate surface area is 205 Å². The van der Waals surface area contributed by atoms with E-state index in [0.29, 0.717) is 28.3 Å². The molecule has 1 saturated carbocycles. The third kappa shape index (κ3) is 5.50. The van der Waals surface area contributed by atoms with E-state index < -0.39 is 22.6 Å². The highest BCUT2D eigenvalue weighted by molar-refractivity contribution is 7.87. The molecule has 0 radical (unpaired) electrons. The minimum atomic E-state index is -1.56. The summed E-state index contributed by atoms with van der Waals surface area (Å²) in [6, 6.07) is 10.8. The standard InChI is InChI=1S/C23H22ClF2N3O2S.C2H6/c1-12-4-7-19(18(26)8-12)27-22-20(9-13(2)23(30)29(22)3)28-32(31)21-11-16(21)15-6-5-14(24)10-17(15)25;1-2/h4-10,16,21,27-28H,11H2,1-3H3;1-2H3. The average Bonchev–Trinajstić information content (AvgIpc) is 3.58. The van der Waals surface area contributed by atoms with E-state index in [1.54, 1.807) is 51.2 Å². The van der Waals surface area contributed by atoms with Gasteiger partial charge < -0.3 is 10.0 Å². The van der Waals surface area contributed by atoms with Crippen LogP contribution in [0, 0.1) is 25.5 Å². The minimum absolute atomic E-state index is 0.191. The lowest BCUT2D eigenvalue weighted by atomic mass is 10.1. The SMILES string of the molecule is CC.Cc1ccc(Nc2c(NS(=O)C3CC3c3ccc(Cl)cc3F)cc(C)c(=O)n2C)c(F)c1. The van der Waals surface area contributed by atoms with Gasteiger partial charge in [-0.3, -0.25) is 9.36 Å². The van der Waals surface area contributed by atoms with Gasteiger partial charge in [0.05, 0.1) is 16.6 Å². The van der Waals surface area contributed by atoms with Crippen molar-refractivity contribution < 1.29 is 13.0 Å². The average molecular weight is 508 g/mol. The van der Waals surface area contributed by atoms with Crippen LogP contribution in [0.2, 0.25) is 5.02 Å². The monoisotopic (exact) mass is 507 g/mol. The van der Waals surface area contributed by atoms with Crippen molar-refractivity contribution in [1.82, 2.24) is 4.57 Å². The number of aromatic nitrogens is 1. The van der Waals surface area contributed by atoms with E-state index in [1.807, 2.05) is 13.8 Å². The van der Waals surface area contributed by atoms with Crippen LogP contribution in [0.25, 0.3) is 0 Å². The Kier molecular flexibility index (Phi) is 8.15. The van der Waals surface area contributed by atoms with Crippen LogP contribution in [0.5, 0.6) is 0 Å². The number of rotatable bonds is 6. The second kappa shape index (κ2) is 10.7. The normalized spacial score (nSPS) is 17.4. The molecule has 34 heavy (non-hydrogen) atoms. The zero-order chi connectivity index (χ0) is 25.2. The Hall–Kier alpha value is -2.71. The van der Waals surface area contributed by atoms with Crippen LogP contribution in [-0.4, -0.2) is 14.0 Å². The van der Waals surface area contributed by atoms with Crippen molar-refractivity contribution in [3.05, 3.63) is 86.2 Å². The summed E-state index contributed by atoms with van der Waals surface area (Å²) in [6.07, 6.45) is 0.554. The van der Waals surface area contributed by atoms with Gasteiger partial charge in [-0.2, -0.15) is 0 Å². The summed E-state index contributed by atoms with van der Waals surface area (Å²) in [6.45, 7) is 7.43. The van der Waals surface area contributed by atoms with Gasteiger partial charge >= 0.3 is 0 Å². The van der Waals surface area contributed by atoms with Gasteiger partial charge in [0.15, 0.2) is 0 Å². The zero-order valence-corrected chi connectivity index (χ0v) is 21.3. The van der Waals surface area contributed by atoms with Gasteiger partial charge in [0.25, 0.3) is 5.56 Å². The summed E-state index contributed by atoms with van der Waals surface area (Å²) in [5.41, 5.74) is 2.01. The second-order valence-electron chi connectivity index (χ2n) is 8.01. The van der Waals surface area contributed by atoms with E-state index >= 15 is 0 Å². The number of nitrogens with one attached hydrogen (secondary N) is 2. The number of benzene rings is 2. The third-order valence-corrected chi connectivity index (χ3v) is 7.28. The van der Waals surface area contributed by atoms with E-state index in [2.05, 4.69) is 10.0 Å². The van der Waals surface area contributed by atoms with Gasteiger partial charge in [0.2, 0.25) is 0 Å². The third-order valence-electron chi connectivity index (χ3n) is 5.55. The first-order valence-electron chi connectivity index (χ1n) is 11.0. The molecule has 2 N–H and O–H groups in total. The Morgan fingerprint density at radius 2 is 1.74 bits per heavy atom. The summed E-state index contributed by atoms with van der Waals surface area (Å²) in [7, 11) is 0.00141. The van der Waals surface area contributed by atoms with Gasteiger partial charge in [0.1, 0.15) is 28.4 Å². The highest BCUT2D eigenvalue weighted by Gasteiger charge is 2.45. The Morgan fingerprint density at radius 1 is 1.03 bits per heavy atom. The van der Waals surface area contributed by atoms with Crippen LogP contribution >= 0.6 is 11.6 Å². The maximum atomic E-state index is 14.4. The smallest absolute Gasteiger partial charge is 0.254 e. The van der Waals surface area contributed by atoms with Crippen molar-refractivity contribution in [3.8, 4) is 0 Å². The first-order valence-corrected chi connectivity index (χ1v) is 12.6. The minimum Gasteiger partial charge on any atom is -0.337 e. The molecule has 0 aliphatic heterocycles. The van der Waals surface area contributed by atoms with Crippen molar-refractivity contribution in [2.24, 2.45) is 7.05 Å². The Bertz CT molecular complexity index is 1300. The second-order valence-corrected chi connectivity index (χ2v) is 9.85. The van der Waals surface area contributed by atoms with Gasteiger partial charge in [-0.15, -0.1) is 0 Å². The molecule has 0 spiro atoms. The number of nitrogens with zero attached hydrogens (tertiary/aromatic N) is 1. The van der Waals surface area contributed by atoms with Crippen LogP contribution in [-0.2, 0) is 18.0 Å². The molecule has 4 rings (SSSR count). The number of hydrogen-bond acceptors (Lipinski definition) is 3. The molecule has 1 fully saturated rings. The van der Waals surface area contributed by atoms with E-state index in [4.69, 9.17) is 11.6 Å². The molecule has 1 heterocycles. The summed E-state index contributed by atoms with van der Waals surface area (Å²) in [5, 5.41) is 2.95. The Balaban J connectivity index is 0.00000158. The van der Waals surface area contributed by atoms with Crippen molar-refractivity contribution in [2.75, 3.05) is 10.0 Å². The van der Waals surface area contributed by atoms with Crippen LogP contribution in [0.3, 0.4) is 0 Å². The first-order chi connectivity index (χ1) is 16.2. The van der Waals surface area contributed by atoms with Gasteiger partial charge in [-0.05, 0) is 61.7 Å². The molecule has 0 bridgehead atoms. The molecule has 3 unspecified atom stereocenters. The fourth-order valence-electron chi connectivity index (χ4n) is 3.69. The summed E-state index contributed by atoms with van der Waals surface area (Å²) in [5.74, 6) is -0.797. The highest BCUT2D eigenvalue weighted by Crippen LogP contribution is 2.46. The number of anilines is 3. The molecule has 1 aliphatic rings. The predicted octanol–water partition coefficient (Wildman–Crippen LogP) is 6.34. The highest BCUT2D eigenvalue weighted by atomic mass is 35.5. The first kappa shape index (κ1) is 25.9. The van der Waals surface area contributed by atoms with Crippen molar-refractivity contribution >= 4 is 39.8 Å². The van der Waals surface area contributed by atoms with E-state index in [1.165, 1.54) is 16.7 Å². The molecule has 3 aromatic rings. The summed E-state index contributed by atoms with van der Waals surface area (Å²) >= 11 is 5.82. The van der Waals surface area contributed by atoms with Crippen molar-refractivity contribution in [3.63, 3.8) is 0 Å². The lowest BCUT2D eigenvalue weighted by molar-refractivity contribution is 0.611. The largest absolute Gasteiger partial charge is 0.337 e. The topological polar surface area (TPSA) is 63.1 Å². The van der Waals surface area contributed by atoms with Gasteiger partial charge in [0, 0.05) is 23.6 Å². The van der Waals surface area contributed by atoms with Crippen LogP contribution in [0.15, 0.2) is 47.3 Å². The molecule has 1 aromatic heterocycles. The molecule has 0 saturated heterocycles. The van der Waals surface area contributed by atoms with Crippen LogP contribution in [0.1, 0.15) is 42.9 Å². The molecule has 9 heteroatoms. The lowest BCUT2D eigenvalue weighted by Crippen LogP contribution is -2.24. The van der Waals surface area contributed by atoms with Gasteiger partial charge in [-0.25, -0.2) is 13.0 Å². The molecule has 182 valence electrons. The van der Waals surface area contributed by atoms with E-state index in [-0.39, 0.29) is 28.2 Å². The number of aryl methyl sites for hydroxylation is 2. The molecule has 3 atom stereocenters. The van der Waals surface area contributed by atoms with Crippen molar-refractivity contribution in [2.45, 2.75) is 45.3 Å². The lowest BCUT2D eigenvalue weighted by Gasteiger charge is -2.18. The predicted molar refractivity (Wildman–Crippen MR) is 137 cm³/mol. The zero-order valence-electron chi connectivity index (χ0n) is 19.7. The maximum absolute atomic E-state index is 14.4. The molecule has 2 aromatic carbocycles. The number of hydrogen-bond donors (Lipinski definition) is 2. The van der Waals surface area contributed by atoms with Crippen molar-refractivity contribution in [1.29, 1.82) is 0 Å². The molecular weight excluding hydrogens is 480 g/mol. The fourth-order valence-corrected chi connectivity index (χ4v) is 5.20. The van der Waals surface area contributed by atoms with E-state index in [9.17, 15) is 17.8 Å². The number of pyridine rings is 1. The van der Waals surface area contributed by atoms with E-state index in [0.717, 1.165) is 5.56 Å². The van der Waals surface area contributed by atoms with Crippen LogP contribution in [0.4, 0.5) is 26.0 Å². The Morgan fingerprint density at radius 3 is 2.38 bits per heavy atom. The summed E-state index contributed by atoms with van der Waals surface area (Å²) in [4.78, 5) is 12.5. The number of halogens is 3. The molecular formula is C25H28ClF2N3O2S. The summed E-state index contributed by atoms with van der Waals surface area (Å²) < 4.78 is 46.0. The quantitative estimate of drug-likeness (QED) is 0.409.